The maximum Gasteiger partial charge on any atom is 0.320 e. The molecule has 0 bridgehead atoms. The molecule has 2 fully saturated rings. The van der Waals surface area contributed by atoms with Crippen LogP contribution in [0, 0.1) is 5.95 Å². The third-order valence-corrected chi connectivity index (χ3v) is 4.70. The van der Waals surface area contributed by atoms with Gasteiger partial charge in [-0.2, -0.15) is 4.39 Å². The zero-order valence-corrected chi connectivity index (χ0v) is 14.2. The molecule has 1 aromatic heterocycles. The highest BCUT2D eigenvalue weighted by Crippen LogP contribution is 2.31. The molecule has 0 aromatic carbocycles. The molecule has 1 atom stereocenters. The second kappa shape index (κ2) is 6.30. The van der Waals surface area contributed by atoms with Crippen LogP contribution in [-0.2, 0) is 4.79 Å². The van der Waals surface area contributed by atoms with Crippen molar-refractivity contribution in [2.24, 2.45) is 0 Å². The van der Waals surface area contributed by atoms with E-state index >= 15 is 0 Å². The maximum absolute atomic E-state index is 13.3. The van der Waals surface area contributed by atoms with Gasteiger partial charge in [-0.05, 0) is 12.5 Å². The van der Waals surface area contributed by atoms with E-state index in [0.717, 1.165) is 6.07 Å². The minimum atomic E-state index is -0.714. The van der Waals surface area contributed by atoms with Gasteiger partial charge in [0.1, 0.15) is 6.54 Å². The number of nitrogens with zero attached hydrogens (tertiary/aromatic N) is 4. The van der Waals surface area contributed by atoms with Crippen LogP contribution in [0.4, 0.5) is 9.18 Å². The number of pyridine rings is 1. The van der Waals surface area contributed by atoms with Gasteiger partial charge in [0.2, 0.25) is 11.9 Å². The normalized spacial score (nSPS) is 22.9. The summed E-state index contributed by atoms with van der Waals surface area (Å²) in [5.41, 5.74) is -0.425. The number of likely N-dealkylation sites (tertiary alicyclic amines) is 1. The average Bonchev–Trinajstić information content (AvgIpc) is 3.01. The Hall–Kier alpha value is -2.71. The van der Waals surface area contributed by atoms with Crippen LogP contribution in [0.3, 0.4) is 0 Å². The van der Waals surface area contributed by atoms with E-state index in [-0.39, 0.29) is 36.5 Å². The molecular formula is C16H20FN5O3. The second-order valence-corrected chi connectivity index (χ2v) is 6.61. The maximum atomic E-state index is 13.3. The monoisotopic (exact) mass is 349 g/mol. The smallest absolute Gasteiger partial charge is 0.320 e. The van der Waals surface area contributed by atoms with E-state index in [2.05, 4.69) is 10.3 Å². The molecule has 1 spiro atoms. The molecule has 2 aliphatic heterocycles. The lowest BCUT2D eigenvalue weighted by Gasteiger charge is -2.45. The fourth-order valence-corrected chi connectivity index (χ4v) is 3.35. The zero-order valence-electron chi connectivity index (χ0n) is 14.2. The van der Waals surface area contributed by atoms with Crippen molar-refractivity contribution in [3.63, 3.8) is 0 Å². The first-order valence-electron chi connectivity index (χ1n) is 7.99. The van der Waals surface area contributed by atoms with Crippen LogP contribution in [-0.4, -0.2) is 83.3 Å². The fourth-order valence-electron chi connectivity index (χ4n) is 3.35. The van der Waals surface area contributed by atoms with E-state index < -0.39 is 11.5 Å². The number of carbonyl (C=O) groups excluding carboxylic acids is 3. The van der Waals surface area contributed by atoms with Crippen molar-refractivity contribution in [3.8, 4) is 0 Å². The van der Waals surface area contributed by atoms with Crippen LogP contribution in [0.5, 0.6) is 0 Å². The summed E-state index contributed by atoms with van der Waals surface area (Å²) in [4.78, 5) is 44.9. The van der Waals surface area contributed by atoms with Crippen molar-refractivity contribution in [1.29, 1.82) is 0 Å². The first-order valence-corrected chi connectivity index (χ1v) is 7.99. The third kappa shape index (κ3) is 3.13. The summed E-state index contributed by atoms with van der Waals surface area (Å²) in [5, 5.41) is 2.79. The minimum Gasteiger partial charge on any atom is -0.352 e. The number of halogens is 1. The Morgan fingerprint density at radius 1 is 1.40 bits per heavy atom. The molecule has 134 valence electrons. The summed E-state index contributed by atoms with van der Waals surface area (Å²) in [7, 11) is 3.25. The van der Waals surface area contributed by atoms with Gasteiger partial charge < -0.3 is 20.0 Å². The molecule has 2 saturated heterocycles. The summed E-state index contributed by atoms with van der Waals surface area (Å²) in [5.74, 6) is -1.25. The molecule has 9 heteroatoms. The number of aromatic nitrogens is 1. The molecule has 2 aliphatic rings. The van der Waals surface area contributed by atoms with Crippen LogP contribution >= 0.6 is 0 Å². The lowest BCUT2D eigenvalue weighted by molar-refractivity contribution is -0.126. The number of rotatable bonds is 1. The van der Waals surface area contributed by atoms with Crippen LogP contribution in [0.1, 0.15) is 16.8 Å². The Morgan fingerprint density at radius 2 is 2.16 bits per heavy atom. The van der Waals surface area contributed by atoms with Crippen molar-refractivity contribution < 1.29 is 18.8 Å². The van der Waals surface area contributed by atoms with Gasteiger partial charge in [0, 0.05) is 51.6 Å². The summed E-state index contributed by atoms with van der Waals surface area (Å²) in [6, 6.07) is 2.29. The van der Waals surface area contributed by atoms with E-state index in [1.807, 2.05) is 0 Å². The SMILES string of the molecule is CN(C)C(=O)N1CC(=O)NCC12CCN(C(=O)c1ccnc(F)c1)C2. The predicted octanol–water partition coefficient (Wildman–Crippen LogP) is -0.0812. The molecule has 1 N–H and O–H groups in total. The number of amides is 4. The van der Waals surface area contributed by atoms with Crippen molar-refractivity contribution in [2.75, 3.05) is 40.3 Å². The Morgan fingerprint density at radius 3 is 2.84 bits per heavy atom. The molecule has 25 heavy (non-hydrogen) atoms. The van der Waals surface area contributed by atoms with Crippen LogP contribution in [0.25, 0.3) is 0 Å². The Kier molecular flexibility index (Phi) is 4.32. The molecule has 3 rings (SSSR count). The quantitative estimate of drug-likeness (QED) is 0.719. The number of urea groups is 1. The van der Waals surface area contributed by atoms with Gasteiger partial charge in [0.25, 0.3) is 5.91 Å². The summed E-state index contributed by atoms with van der Waals surface area (Å²) in [6.07, 6.45) is 1.79. The lowest BCUT2D eigenvalue weighted by atomic mass is 9.93. The van der Waals surface area contributed by atoms with E-state index in [1.165, 1.54) is 22.1 Å². The van der Waals surface area contributed by atoms with Crippen LogP contribution < -0.4 is 5.32 Å². The van der Waals surface area contributed by atoms with Gasteiger partial charge in [0.05, 0.1) is 5.54 Å². The third-order valence-electron chi connectivity index (χ3n) is 4.70. The van der Waals surface area contributed by atoms with Crippen LogP contribution in [0.2, 0.25) is 0 Å². The van der Waals surface area contributed by atoms with Gasteiger partial charge in [-0.15, -0.1) is 0 Å². The van der Waals surface area contributed by atoms with Gasteiger partial charge >= 0.3 is 6.03 Å². The average molecular weight is 349 g/mol. The first kappa shape index (κ1) is 17.1. The number of nitrogens with one attached hydrogen (secondary N) is 1. The van der Waals surface area contributed by atoms with Gasteiger partial charge in [-0.3, -0.25) is 9.59 Å². The highest BCUT2D eigenvalue weighted by atomic mass is 19.1. The van der Waals surface area contributed by atoms with E-state index in [0.29, 0.717) is 19.5 Å². The summed E-state index contributed by atoms with van der Waals surface area (Å²) >= 11 is 0. The Balaban J connectivity index is 1.82. The van der Waals surface area contributed by atoms with E-state index in [9.17, 15) is 18.8 Å². The molecule has 0 aliphatic carbocycles. The van der Waals surface area contributed by atoms with Gasteiger partial charge in [-0.1, -0.05) is 0 Å². The highest BCUT2D eigenvalue weighted by molar-refractivity contribution is 5.94. The molecule has 8 nitrogen and oxygen atoms in total. The number of carbonyl (C=O) groups is 3. The molecule has 4 amide bonds. The van der Waals surface area contributed by atoms with Crippen molar-refractivity contribution >= 4 is 17.8 Å². The molecule has 1 aromatic rings. The topological polar surface area (TPSA) is 85.9 Å². The molecular weight excluding hydrogens is 329 g/mol. The predicted molar refractivity (Wildman–Crippen MR) is 86.2 cm³/mol. The Labute approximate surface area is 144 Å². The standard InChI is InChI=1S/C16H20FN5O3/c1-20(2)15(25)22-8-13(23)19-9-16(22)4-6-21(10-16)14(24)11-3-5-18-12(17)7-11/h3,5,7H,4,6,8-10H2,1-2H3,(H,19,23). The van der Waals surface area contributed by atoms with Gasteiger partial charge in [0.15, 0.2) is 0 Å². The number of piperazine rings is 1. The molecule has 1 unspecified atom stereocenters. The largest absolute Gasteiger partial charge is 0.352 e. The lowest BCUT2D eigenvalue weighted by Crippen LogP contribution is -2.67. The van der Waals surface area contributed by atoms with Crippen LogP contribution in [0.15, 0.2) is 18.3 Å². The van der Waals surface area contributed by atoms with E-state index in [4.69, 9.17) is 0 Å². The fraction of sp³-hybridized carbons (Fsp3) is 0.500. The summed E-state index contributed by atoms with van der Waals surface area (Å²) in [6.45, 7) is 0.967. The minimum absolute atomic E-state index is 0.0388. The molecule has 0 saturated carbocycles. The summed E-state index contributed by atoms with van der Waals surface area (Å²) < 4.78 is 13.3. The van der Waals surface area contributed by atoms with E-state index in [1.54, 1.807) is 19.0 Å². The second-order valence-electron chi connectivity index (χ2n) is 6.61. The van der Waals surface area contributed by atoms with Crippen molar-refractivity contribution in [3.05, 3.63) is 29.8 Å². The molecule has 3 heterocycles. The Bertz CT molecular complexity index is 725. The first-order chi connectivity index (χ1) is 11.8. The molecule has 0 radical (unpaired) electrons. The van der Waals surface area contributed by atoms with Gasteiger partial charge in [-0.25, -0.2) is 9.78 Å². The van der Waals surface area contributed by atoms with Crippen molar-refractivity contribution in [1.82, 2.24) is 25.0 Å². The number of hydrogen-bond donors (Lipinski definition) is 1. The zero-order chi connectivity index (χ0) is 18.2. The van der Waals surface area contributed by atoms with Crippen molar-refractivity contribution in [2.45, 2.75) is 12.0 Å². The number of hydrogen-bond acceptors (Lipinski definition) is 4. The highest BCUT2D eigenvalue weighted by Gasteiger charge is 2.50.